The molecule has 0 radical (unpaired) electrons. The van der Waals surface area contributed by atoms with Crippen LogP contribution in [0.1, 0.15) is 85.3 Å². The lowest BCUT2D eigenvalue weighted by Crippen LogP contribution is -2.39. The number of hydrogen-bond donors (Lipinski definition) is 0. The van der Waals surface area contributed by atoms with Crippen LogP contribution in [0.4, 0.5) is 0 Å². The van der Waals surface area contributed by atoms with Gasteiger partial charge in [0.15, 0.2) is 5.78 Å². The highest BCUT2D eigenvalue weighted by Gasteiger charge is 2.44. The number of hydrogen-bond acceptors (Lipinski definition) is 2. The molecular formula is C30H39BrClNO. The normalized spacial score (nSPS) is 21.5. The number of halogens is 2. The van der Waals surface area contributed by atoms with Crippen LogP contribution in [0.15, 0.2) is 53.5 Å². The van der Waals surface area contributed by atoms with Crippen molar-refractivity contribution in [2.75, 3.05) is 13.6 Å². The van der Waals surface area contributed by atoms with Crippen molar-refractivity contribution in [1.82, 2.24) is 4.90 Å². The largest absolute Gasteiger partial charge is 0.303 e. The van der Waals surface area contributed by atoms with E-state index in [1.54, 1.807) is 0 Å². The first-order valence-corrected chi connectivity index (χ1v) is 13.5. The fraction of sp³-hybridized carbons (Fsp3) is 0.500. The van der Waals surface area contributed by atoms with Crippen LogP contribution < -0.4 is 0 Å². The molecule has 0 aliphatic heterocycles. The summed E-state index contributed by atoms with van der Waals surface area (Å²) in [7, 11) is 2.27. The van der Waals surface area contributed by atoms with E-state index < -0.39 is 0 Å². The third-order valence-corrected chi connectivity index (χ3v) is 8.75. The van der Waals surface area contributed by atoms with E-state index in [1.165, 1.54) is 52.4 Å². The zero-order valence-electron chi connectivity index (χ0n) is 20.7. The van der Waals surface area contributed by atoms with Gasteiger partial charge in [0, 0.05) is 22.5 Å². The lowest BCUT2D eigenvalue weighted by atomic mass is 9.68. The zero-order chi connectivity index (χ0) is 23.4. The van der Waals surface area contributed by atoms with E-state index >= 15 is 0 Å². The molecule has 0 saturated heterocycles. The van der Waals surface area contributed by atoms with Gasteiger partial charge < -0.3 is 4.90 Å². The summed E-state index contributed by atoms with van der Waals surface area (Å²) < 4.78 is 1.20. The fourth-order valence-electron chi connectivity index (χ4n) is 5.98. The summed E-state index contributed by atoms with van der Waals surface area (Å²) in [5.74, 6) is 0.283. The maximum Gasteiger partial charge on any atom is 0.162 e. The number of carbonyl (C=O) groups is 1. The third kappa shape index (κ3) is 5.86. The highest BCUT2D eigenvalue weighted by Crippen LogP contribution is 2.55. The summed E-state index contributed by atoms with van der Waals surface area (Å²) in [6, 6.07) is 15.5. The van der Waals surface area contributed by atoms with Crippen molar-refractivity contribution in [2.24, 2.45) is 5.41 Å². The number of aryl methyl sites for hydroxylation is 1. The molecule has 1 fully saturated rings. The van der Waals surface area contributed by atoms with Crippen molar-refractivity contribution in [3.8, 4) is 0 Å². The molecule has 0 aromatic heterocycles. The predicted molar refractivity (Wildman–Crippen MR) is 150 cm³/mol. The van der Waals surface area contributed by atoms with Crippen LogP contribution >= 0.6 is 28.3 Å². The van der Waals surface area contributed by atoms with Gasteiger partial charge in [-0.05, 0) is 98.7 Å². The number of allylic oxidation sites excluding steroid dienone is 1. The van der Waals surface area contributed by atoms with Gasteiger partial charge in [-0.1, -0.05) is 72.3 Å². The van der Waals surface area contributed by atoms with Crippen molar-refractivity contribution in [3.05, 3.63) is 75.8 Å². The lowest BCUT2D eigenvalue weighted by Gasteiger charge is -2.41. The van der Waals surface area contributed by atoms with Gasteiger partial charge in [0.2, 0.25) is 0 Å². The second kappa shape index (κ2) is 12.0. The number of ketones is 1. The van der Waals surface area contributed by atoms with Crippen molar-refractivity contribution in [2.45, 2.75) is 77.2 Å². The second-order valence-electron chi connectivity index (χ2n) is 10.2. The Morgan fingerprint density at radius 1 is 1.12 bits per heavy atom. The van der Waals surface area contributed by atoms with Crippen molar-refractivity contribution in [3.63, 3.8) is 0 Å². The molecule has 1 saturated carbocycles. The summed E-state index contributed by atoms with van der Waals surface area (Å²) in [5, 5.41) is 0. The molecule has 0 N–H and O–H groups in total. The van der Waals surface area contributed by atoms with Crippen molar-refractivity contribution < 1.29 is 4.79 Å². The minimum Gasteiger partial charge on any atom is -0.303 e. The highest BCUT2D eigenvalue weighted by molar-refractivity contribution is 9.10. The second-order valence-corrected chi connectivity index (χ2v) is 11.1. The van der Waals surface area contributed by atoms with E-state index in [2.05, 4.69) is 71.7 Å². The van der Waals surface area contributed by atoms with Gasteiger partial charge in [-0.3, -0.25) is 4.79 Å². The van der Waals surface area contributed by atoms with Gasteiger partial charge in [-0.15, -0.1) is 12.4 Å². The van der Waals surface area contributed by atoms with E-state index in [4.69, 9.17) is 0 Å². The molecule has 2 nitrogen and oxygen atoms in total. The molecule has 184 valence electrons. The number of nitrogens with zero attached hydrogens (tertiary/aromatic N) is 1. The molecule has 2 aromatic rings. The molecule has 4 heteroatoms. The zero-order valence-corrected chi connectivity index (χ0v) is 23.1. The Labute approximate surface area is 220 Å². The fourth-order valence-corrected chi connectivity index (χ4v) is 6.63. The average Bonchev–Trinajstić information content (AvgIpc) is 3.09. The minimum atomic E-state index is 0. The highest BCUT2D eigenvalue weighted by atomic mass is 79.9. The topological polar surface area (TPSA) is 20.3 Å². The molecule has 2 aliphatic rings. The van der Waals surface area contributed by atoms with E-state index in [0.29, 0.717) is 12.5 Å². The quantitative estimate of drug-likeness (QED) is 0.234. The summed E-state index contributed by atoms with van der Waals surface area (Å²) in [6.07, 6.45) is 11.0. The SMILES string of the molecule is C=C1c2c(Br)cccc2CC12CCC(N(C)CCCCC(=O)c1ccc(CCC)cc1)CC2.Cl. The summed E-state index contributed by atoms with van der Waals surface area (Å²) in [4.78, 5) is 15.1. The van der Waals surface area contributed by atoms with Crippen LogP contribution in [-0.2, 0) is 12.8 Å². The first-order valence-electron chi connectivity index (χ1n) is 12.7. The van der Waals surface area contributed by atoms with E-state index in [-0.39, 0.29) is 23.6 Å². The first-order chi connectivity index (χ1) is 15.9. The van der Waals surface area contributed by atoms with Crippen LogP contribution in [0.2, 0.25) is 0 Å². The van der Waals surface area contributed by atoms with Crippen LogP contribution in [0.3, 0.4) is 0 Å². The Bertz CT molecular complexity index is 991. The van der Waals surface area contributed by atoms with Gasteiger partial charge in [0.1, 0.15) is 0 Å². The van der Waals surface area contributed by atoms with Gasteiger partial charge in [0.05, 0.1) is 0 Å². The van der Waals surface area contributed by atoms with Gasteiger partial charge in [-0.25, -0.2) is 0 Å². The van der Waals surface area contributed by atoms with Crippen molar-refractivity contribution >= 4 is 39.7 Å². The summed E-state index contributed by atoms with van der Waals surface area (Å²) in [5.41, 5.74) is 6.64. The summed E-state index contributed by atoms with van der Waals surface area (Å²) in [6.45, 7) is 7.81. The van der Waals surface area contributed by atoms with Gasteiger partial charge >= 0.3 is 0 Å². The molecule has 0 bridgehead atoms. The van der Waals surface area contributed by atoms with Gasteiger partial charge in [-0.2, -0.15) is 0 Å². The first kappa shape index (κ1) is 27.2. The maximum absolute atomic E-state index is 12.5. The molecule has 0 unspecified atom stereocenters. The maximum atomic E-state index is 12.5. The molecule has 2 aromatic carbocycles. The number of benzene rings is 2. The Morgan fingerprint density at radius 3 is 2.47 bits per heavy atom. The number of unbranched alkanes of at least 4 members (excludes halogenated alkanes) is 1. The van der Waals surface area contributed by atoms with Crippen LogP contribution in [0.5, 0.6) is 0 Å². The lowest BCUT2D eigenvalue weighted by molar-refractivity contribution is 0.0975. The molecule has 2 aliphatic carbocycles. The minimum absolute atomic E-state index is 0. The van der Waals surface area contributed by atoms with Crippen LogP contribution in [0.25, 0.3) is 5.57 Å². The average molecular weight is 545 g/mol. The Hall–Kier alpha value is -1.42. The van der Waals surface area contributed by atoms with Gasteiger partial charge in [0.25, 0.3) is 0 Å². The number of Topliss-reactive ketones (excluding diaryl/α,β-unsaturated/α-hetero) is 1. The third-order valence-electron chi connectivity index (χ3n) is 8.09. The predicted octanol–water partition coefficient (Wildman–Crippen LogP) is 8.31. The number of fused-ring (bicyclic) bond motifs is 1. The Morgan fingerprint density at radius 2 is 1.82 bits per heavy atom. The molecule has 1 spiro atoms. The Balaban J connectivity index is 0.00000324. The monoisotopic (exact) mass is 543 g/mol. The molecular weight excluding hydrogens is 506 g/mol. The Kier molecular flexibility index (Phi) is 9.60. The van der Waals surface area contributed by atoms with E-state index in [0.717, 1.165) is 44.2 Å². The number of rotatable bonds is 9. The standard InChI is InChI=1S/C30H38BrNO.ClH/c1-4-8-23-12-14-24(15-13-23)28(33)11-5-6-20-32(3)26-16-18-30(19-17-26)21-25-9-7-10-27(31)29(25)22(30)2;/h7,9-10,12-15,26H,2,4-6,8,11,16-21H2,1,3H3;1H. The van der Waals surface area contributed by atoms with Crippen LogP contribution in [0, 0.1) is 5.41 Å². The smallest absolute Gasteiger partial charge is 0.162 e. The summed E-state index contributed by atoms with van der Waals surface area (Å²) >= 11 is 3.75. The molecule has 0 atom stereocenters. The van der Waals surface area contributed by atoms with E-state index in [1.807, 2.05) is 12.1 Å². The number of carbonyl (C=O) groups excluding carboxylic acids is 1. The molecule has 34 heavy (non-hydrogen) atoms. The molecule has 4 rings (SSSR count). The van der Waals surface area contributed by atoms with E-state index in [9.17, 15) is 4.79 Å². The molecule has 0 heterocycles. The van der Waals surface area contributed by atoms with Crippen molar-refractivity contribution in [1.29, 1.82) is 0 Å². The molecule has 0 amide bonds. The van der Waals surface area contributed by atoms with Crippen LogP contribution in [-0.4, -0.2) is 30.3 Å².